The molecule has 0 N–H and O–H groups in total. The maximum Gasteiger partial charge on any atom is 0.573 e. The summed E-state index contributed by atoms with van der Waals surface area (Å²) < 4.78 is 55.9. The molecule has 2 aromatic carbocycles. The smallest absolute Gasteiger partial charge is 0.494 e. The van der Waals surface area contributed by atoms with Gasteiger partial charge in [0.25, 0.3) is 5.56 Å². The minimum absolute atomic E-state index is 0.305. The van der Waals surface area contributed by atoms with Crippen LogP contribution in [0, 0.1) is 6.92 Å². The van der Waals surface area contributed by atoms with Gasteiger partial charge in [-0.1, -0.05) is 0 Å². The summed E-state index contributed by atoms with van der Waals surface area (Å²) in [5.41, 5.74) is 2.07. The molecule has 0 unspecified atom stereocenters. The van der Waals surface area contributed by atoms with E-state index in [4.69, 9.17) is 9.47 Å². The molecule has 2 heterocycles. The lowest BCUT2D eigenvalue weighted by Crippen LogP contribution is -2.18. The van der Waals surface area contributed by atoms with E-state index in [0.29, 0.717) is 34.9 Å². The predicted molar refractivity (Wildman–Crippen MR) is 123 cm³/mol. The number of ether oxygens (including phenoxy) is 3. The first-order chi connectivity index (χ1) is 16.6. The van der Waals surface area contributed by atoms with Gasteiger partial charge in [-0.3, -0.25) is 14.0 Å². The van der Waals surface area contributed by atoms with Gasteiger partial charge in [-0.15, -0.1) is 13.2 Å². The number of aromatic nitrogens is 3. The van der Waals surface area contributed by atoms with Gasteiger partial charge < -0.3 is 14.2 Å². The Balaban J connectivity index is 1.74. The molecule has 4 rings (SSSR count). The number of hydrogen-bond acceptors (Lipinski definition) is 5. The molecule has 0 aliphatic carbocycles. The Labute approximate surface area is 198 Å². The molecule has 0 aliphatic heterocycles. The molecular weight excluding hydrogens is 463 g/mol. The van der Waals surface area contributed by atoms with E-state index in [2.05, 4.69) is 9.84 Å². The largest absolute Gasteiger partial charge is 0.573 e. The fourth-order valence-corrected chi connectivity index (χ4v) is 3.52. The monoisotopic (exact) mass is 485 g/mol. The zero-order valence-electron chi connectivity index (χ0n) is 19.2. The van der Waals surface area contributed by atoms with Gasteiger partial charge in [-0.25, -0.2) is 0 Å². The van der Waals surface area contributed by atoms with E-state index in [1.807, 2.05) is 19.9 Å². The van der Waals surface area contributed by atoms with Gasteiger partial charge in [-0.2, -0.15) is 5.10 Å². The van der Waals surface area contributed by atoms with Crippen molar-refractivity contribution in [2.24, 2.45) is 7.05 Å². The Morgan fingerprint density at radius 2 is 1.69 bits per heavy atom. The third-order valence-corrected chi connectivity index (χ3v) is 5.05. The number of pyridine rings is 1. The average molecular weight is 485 g/mol. The second-order valence-corrected chi connectivity index (χ2v) is 7.67. The highest BCUT2D eigenvalue weighted by atomic mass is 19.4. The zero-order valence-corrected chi connectivity index (χ0v) is 19.2. The van der Waals surface area contributed by atoms with Gasteiger partial charge in [0.2, 0.25) is 0 Å². The molecule has 4 aromatic rings. The van der Waals surface area contributed by atoms with E-state index in [1.165, 1.54) is 22.8 Å². The molecule has 0 bridgehead atoms. The number of halogens is 3. The van der Waals surface area contributed by atoms with Crippen LogP contribution in [0.5, 0.6) is 23.0 Å². The van der Waals surface area contributed by atoms with Crippen LogP contribution in [0.1, 0.15) is 12.5 Å². The number of benzene rings is 2. The van der Waals surface area contributed by atoms with Crippen LogP contribution in [0.4, 0.5) is 13.2 Å². The summed E-state index contributed by atoms with van der Waals surface area (Å²) in [5.74, 6) is 1.18. The first-order valence-electron chi connectivity index (χ1n) is 10.7. The van der Waals surface area contributed by atoms with E-state index >= 15 is 0 Å². The third-order valence-electron chi connectivity index (χ3n) is 5.05. The van der Waals surface area contributed by atoms with Gasteiger partial charge in [0, 0.05) is 42.3 Å². The Morgan fingerprint density at radius 1 is 0.971 bits per heavy atom. The lowest BCUT2D eigenvalue weighted by atomic mass is 10.1. The highest BCUT2D eigenvalue weighted by Crippen LogP contribution is 2.34. The Bertz CT molecular complexity index is 1390. The summed E-state index contributed by atoms with van der Waals surface area (Å²) >= 11 is 0. The van der Waals surface area contributed by atoms with Crippen molar-refractivity contribution in [3.05, 3.63) is 83.0 Å². The van der Waals surface area contributed by atoms with Crippen LogP contribution >= 0.6 is 0 Å². The maximum absolute atomic E-state index is 13.0. The topological polar surface area (TPSA) is 67.5 Å². The minimum Gasteiger partial charge on any atom is -0.494 e. The van der Waals surface area contributed by atoms with Crippen molar-refractivity contribution in [2.45, 2.75) is 20.2 Å². The second-order valence-electron chi connectivity index (χ2n) is 7.67. The summed E-state index contributed by atoms with van der Waals surface area (Å²) in [4.78, 5) is 13.0. The fraction of sp³-hybridized carbons (Fsp3) is 0.200. The molecule has 35 heavy (non-hydrogen) atoms. The number of nitrogens with zero attached hydrogens (tertiary/aromatic N) is 3. The van der Waals surface area contributed by atoms with Crippen LogP contribution in [0.25, 0.3) is 16.8 Å². The Kier molecular flexibility index (Phi) is 6.54. The zero-order chi connectivity index (χ0) is 25.2. The molecule has 0 aliphatic rings. The minimum atomic E-state index is -4.80. The Hall–Kier alpha value is -4.21. The van der Waals surface area contributed by atoms with Crippen LogP contribution in [-0.2, 0) is 7.05 Å². The fourth-order valence-electron chi connectivity index (χ4n) is 3.52. The molecule has 0 amide bonds. The van der Waals surface area contributed by atoms with E-state index in [0.717, 1.165) is 23.4 Å². The first-order valence-corrected chi connectivity index (χ1v) is 10.7. The summed E-state index contributed by atoms with van der Waals surface area (Å²) in [6.07, 6.45) is 0.154. The first kappa shape index (κ1) is 23.9. The van der Waals surface area contributed by atoms with Crippen molar-refractivity contribution >= 4 is 0 Å². The molecule has 0 spiro atoms. The molecule has 0 saturated heterocycles. The highest BCUT2D eigenvalue weighted by molar-refractivity contribution is 5.69. The van der Waals surface area contributed by atoms with E-state index in [9.17, 15) is 18.0 Å². The summed E-state index contributed by atoms with van der Waals surface area (Å²) in [6, 6.07) is 11.7. The van der Waals surface area contributed by atoms with Gasteiger partial charge in [0.05, 0.1) is 12.8 Å². The molecule has 0 fully saturated rings. The lowest BCUT2D eigenvalue weighted by molar-refractivity contribution is -0.274. The lowest BCUT2D eigenvalue weighted by Gasteiger charge is -2.15. The van der Waals surface area contributed by atoms with Crippen LogP contribution in [0.3, 0.4) is 0 Å². The third kappa shape index (κ3) is 5.65. The SMILES string of the molecule is CCOc1ccc(Oc2cc(=O)n(-c3ccc(OC(F)(F)F)cc3)cc2-c2cnn(C)c2)cc1C. The molecule has 182 valence electrons. The molecule has 0 radical (unpaired) electrons. The van der Waals surface area contributed by atoms with Gasteiger partial charge in [0.1, 0.15) is 23.0 Å². The molecular formula is C25H22F3N3O4. The molecule has 7 nitrogen and oxygen atoms in total. The predicted octanol–water partition coefficient (Wildman–Crippen LogP) is 5.64. The van der Waals surface area contributed by atoms with E-state index in [1.54, 1.807) is 42.5 Å². The summed E-state index contributed by atoms with van der Waals surface area (Å²) in [5, 5.41) is 4.19. The number of hydrogen-bond donors (Lipinski definition) is 0. The van der Waals surface area contributed by atoms with Gasteiger partial charge in [-0.05, 0) is 61.9 Å². The average Bonchev–Trinajstić information content (AvgIpc) is 3.21. The van der Waals surface area contributed by atoms with Crippen molar-refractivity contribution in [1.82, 2.24) is 14.3 Å². The number of alkyl halides is 3. The van der Waals surface area contributed by atoms with Gasteiger partial charge in [0.15, 0.2) is 0 Å². The maximum atomic E-state index is 13.0. The highest BCUT2D eigenvalue weighted by Gasteiger charge is 2.31. The standard InChI is InChI=1S/C25H22F3N3O4/c1-4-33-22-10-9-20(11-16(22)2)34-23-12-24(32)31(15-21(23)17-13-29-30(3)14-17)18-5-7-19(8-6-18)35-25(26,27)28/h5-15H,4H2,1-3H3. The Morgan fingerprint density at radius 3 is 2.29 bits per heavy atom. The van der Waals surface area contributed by atoms with Crippen molar-refractivity contribution in [1.29, 1.82) is 0 Å². The van der Waals surface area contributed by atoms with Crippen LogP contribution in [0.15, 0.2) is 71.9 Å². The molecule has 10 heteroatoms. The molecule has 2 aromatic heterocycles. The summed E-state index contributed by atoms with van der Waals surface area (Å²) in [7, 11) is 1.76. The van der Waals surface area contributed by atoms with E-state index in [-0.39, 0.29) is 5.75 Å². The second kappa shape index (κ2) is 9.57. The van der Waals surface area contributed by atoms with Crippen molar-refractivity contribution in [2.75, 3.05) is 6.61 Å². The van der Waals surface area contributed by atoms with Crippen molar-refractivity contribution in [3.63, 3.8) is 0 Å². The number of rotatable bonds is 7. The normalized spacial score (nSPS) is 11.4. The summed E-state index contributed by atoms with van der Waals surface area (Å²) in [6.45, 7) is 4.33. The van der Waals surface area contributed by atoms with Crippen molar-refractivity contribution in [3.8, 4) is 39.8 Å². The van der Waals surface area contributed by atoms with Crippen LogP contribution in [-0.4, -0.2) is 27.3 Å². The van der Waals surface area contributed by atoms with E-state index < -0.39 is 11.9 Å². The van der Waals surface area contributed by atoms with Gasteiger partial charge >= 0.3 is 6.36 Å². The van der Waals surface area contributed by atoms with Crippen LogP contribution in [0.2, 0.25) is 0 Å². The molecule has 0 saturated carbocycles. The van der Waals surface area contributed by atoms with Crippen LogP contribution < -0.4 is 19.8 Å². The quantitative estimate of drug-likeness (QED) is 0.339. The number of aryl methyl sites for hydroxylation is 2. The van der Waals surface area contributed by atoms with Crippen molar-refractivity contribution < 1.29 is 27.4 Å². The molecule has 0 atom stereocenters.